The molecule has 0 amide bonds. The van der Waals surface area contributed by atoms with E-state index in [0.29, 0.717) is 11.6 Å². The third kappa shape index (κ3) is 3.19. The maximum absolute atomic E-state index is 13.1. The van der Waals surface area contributed by atoms with Crippen LogP contribution in [-0.4, -0.2) is 15.8 Å². The molecule has 0 bridgehead atoms. The second-order valence-electron chi connectivity index (χ2n) is 5.22. The molecule has 0 aliphatic rings. The molecule has 1 aromatic carbocycles. The van der Waals surface area contributed by atoms with Crippen molar-refractivity contribution in [2.45, 2.75) is 39.8 Å². The molecule has 0 saturated heterocycles. The minimum absolute atomic E-state index is 0.0967. The number of benzene rings is 1. The van der Waals surface area contributed by atoms with Crippen molar-refractivity contribution in [3.05, 3.63) is 51.6 Å². The lowest BCUT2D eigenvalue weighted by atomic mass is 10.1. The molecule has 1 atom stereocenters. The van der Waals surface area contributed by atoms with Crippen LogP contribution in [0.15, 0.2) is 18.2 Å². The number of rotatable bonds is 4. The summed E-state index contributed by atoms with van der Waals surface area (Å²) in [4.78, 5) is 0. The van der Waals surface area contributed by atoms with Crippen molar-refractivity contribution in [3.63, 3.8) is 0 Å². The topological polar surface area (TPSA) is 43.8 Å². The molecule has 108 valence electrons. The first-order chi connectivity index (χ1) is 9.38. The Balaban J connectivity index is 2.30. The van der Waals surface area contributed by atoms with Gasteiger partial charge >= 0.3 is 0 Å². The summed E-state index contributed by atoms with van der Waals surface area (Å²) < 4.78 is 15.0. The van der Waals surface area contributed by atoms with E-state index in [2.05, 4.69) is 5.10 Å². The zero-order valence-electron chi connectivity index (χ0n) is 12.0. The molecular formula is C15H19ClFN3. The SMILES string of the molecule is Cc1nn(Cc2ccc(F)cc2Cl)c(C)c1CC(C)N. The van der Waals surface area contributed by atoms with Gasteiger partial charge in [0.1, 0.15) is 5.82 Å². The van der Waals surface area contributed by atoms with Crippen molar-refractivity contribution in [1.29, 1.82) is 0 Å². The Morgan fingerprint density at radius 1 is 1.40 bits per heavy atom. The number of halogens is 2. The van der Waals surface area contributed by atoms with Gasteiger partial charge in [0.15, 0.2) is 0 Å². The normalized spacial score (nSPS) is 12.7. The fourth-order valence-corrected chi connectivity index (χ4v) is 2.54. The van der Waals surface area contributed by atoms with E-state index in [1.807, 2.05) is 25.5 Å². The van der Waals surface area contributed by atoms with Gasteiger partial charge in [-0.1, -0.05) is 17.7 Å². The molecule has 5 heteroatoms. The third-order valence-electron chi connectivity index (χ3n) is 3.39. The molecule has 0 spiro atoms. The van der Waals surface area contributed by atoms with E-state index in [1.165, 1.54) is 17.7 Å². The summed E-state index contributed by atoms with van der Waals surface area (Å²) in [6.45, 7) is 6.51. The van der Waals surface area contributed by atoms with Gasteiger partial charge in [-0.25, -0.2) is 4.39 Å². The lowest BCUT2D eigenvalue weighted by Gasteiger charge is -2.08. The average Bonchev–Trinajstić information content (AvgIpc) is 2.60. The van der Waals surface area contributed by atoms with E-state index in [1.54, 1.807) is 6.07 Å². The molecule has 1 aromatic heterocycles. The summed E-state index contributed by atoms with van der Waals surface area (Å²) in [7, 11) is 0. The van der Waals surface area contributed by atoms with Crippen LogP contribution in [0.25, 0.3) is 0 Å². The fourth-order valence-electron chi connectivity index (χ4n) is 2.32. The third-order valence-corrected chi connectivity index (χ3v) is 3.74. The van der Waals surface area contributed by atoms with Crippen molar-refractivity contribution < 1.29 is 4.39 Å². The van der Waals surface area contributed by atoms with Crippen molar-refractivity contribution in [2.75, 3.05) is 0 Å². The molecule has 0 radical (unpaired) electrons. The van der Waals surface area contributed by atoms with Crippen molar-refractivity contribution in [2.24, 2.45) is 5.73 Å². The van der Waals surface area contributed by atoms with Crippen LogP contribution in [0.2, 0.25) is 5.02 Å². The molecule has 2 rings (SSSR count). The monoisotopic (exact) mass is 295 g/mol. The fraction of sp³-hybridized carbons (Fsp3) is 0.400. The van der Waals surface area contributed by atoms with Crippen LogP contribution in [0.4, 0.5) is 4.39 Å². The highest BCUT2D eigenvalue weighted by molar-refractivity contribution is 6.31. The van der Waals surface area contributed by atoms with Crippen LogP contribution < -0.4 is 5.73 Å². The Morgan fingerprint density at radius 3 is 2.70 bits per heavy atom. The molecule has 3 nitrogen and oxygen atoms in total. The molecule has 2 N–H and O–H groups in total. The molecule has 0 aliphatic carbocycles. The number of aromatic nitrogens is 2. The van der Waals surface area contributed by atoms with Gasteiger partial charge in [-0.3, -0.25) is 4.68 Å². The second-order valence-corrected chi connectivity index (χ2v) is 5.63. The zero-order chi connectivity index (χ0) is 14.9. The second kappa shape index (κ2) is 5.94. The molecule has 0 aliphatic heterocycles. The van der Waals surface area contributed by atoms with Gasteiger partial charge in [0.2, 0.25) is 0 Å². The van der Waals surface area contributed by atoms with Crippen LogP contribution in [0.1, 0.15) is 29.4 Å². The smallest absolute Gasteiger partial charge is 0.124 e. The summed E-state index contributed by atoms with van der Waals surface area (Å²) in [5, 5.41) is 4.95. The lowest BCUT2D eigenvalue weighted by Crippen LogP contribution is -2.18. The van der Waals surface area contributed by atoms with Crippen molar-refractivity contribution in [1.82, 2.24) is 9.78 Å². The van der Waals surface area contributed by atoms with Gasteiger partial charge in [-0.15, -0.1) is 0 Å². The van der Waals surface area contributed by atoms with Crippen LogP contribution in [0.5, 0.6) is 0 Å². The van der Waals surface area contributed by atoms with Gasteiger partial charge in [0, 0.05) is 16.8 Å². The van der Waals surface area contributed by atoms with Gasteiger partial charge in [0.25, 0.3) is 0 Å². The van der Waals surface area contributed by atoms with Gasteiger partial charge in [-0.2, -0.15) is 5.10 Å². The summed E-state index contributed by atoms with van der Waals surface area (Å²) in [6, 6.07) is 4.53. The Kier molecular flexibility index (Phi) is 4.45. The predicted octanol–water partition coefficient (Wildman–Crippen LogP) is 3.23. The number of aryl methyl sites for hydroxylation is 1. The standard InChI is InChI=1S/C15H19ClFN3/c1-9(18)6-14-10(2)19-20(11(14)3)8-12-4-5-13(17)7-15(12)16/h4-5,7,9H,6,8,18H2,1-3H3. The highest BCUT2D eigenvalue weighted by atomic mass is 35.5. The first-order valence-electron chi connectivity index (χ1n) is 6.61. The van der Waals surface area contributed by atoms with E-state index in [0.717, 1.165) is 23.4 Å². The van der Waals surface area contributed by atoms with Crippen LogP contribution in [-0.2, 0) is 13.0 Å². The van der Waals surface area contributed by atoms with Crippen LogP contribution in [0, 0.1) is 19.7 Å². The van der Waals surface area contributed by atoms with E-state index in [-0.39, 0.29) is 11.9 Å². The van der Waals surface area contributed by atoms with E-state index in [9.17, 15) is 4.39 Å². The molecule has 0 saturated carbocycles. The van der Waals surface area contributed by atoms with Gasteiger partial charge in [-0.05, 0) is 50.5 Å². The predicted molar refractivity (Wildman–Crippen MR) is 79.6 cm³/mol. The van der Waals surface area contributed by atoms with E-state index < -0.39 is 0 Å². The Morgan fingerprint density at radius 2 is 2.10 bits per heavy atom. The first kappa shape index (κ1) is 15.0. The summed E-state index contributed by atoms with van der Waals surface area (Å²) >= 11 is 6.06. The van der Waals surface area contributed by atoms with E-state index >= 15 is 0 Å². The molecule has 1 unspecified atom stereocenters. The highest BCUT2D eigenvalue weighted by Gasteiger charge is 2.14. The number of hydrogen-bond acceptors (Lipinski definition) is 2. The molecule has 2 aromatic rings. The summed E-state index contributed by atoms with van der Waals surface area (Å²) in [6.07, 6.45) is 0.800. The summed E-state index contributed by atoms with van der Waals surface area (Å²) in [5.74, 6) is -0.329. The number of nitrogens with zero attached hydrogens (tertiary/aromatic N) is 2. The van der Waals surface area contributed by atoms with Crippen molar-refractivity contribution in [3.8, 4) is 0 Å². The minimum atomic E-state index is -0.329. The lowest BCUT2D eigenvalue weighted by molar-refractivity contribution is 0.622. The van der Waals surface area contributed by atoms with Crippen molar-refractivity contribution >= 4 is 11.6 Å². The zero-order valence-corrected chi connectivity index (χ0v) is 12.7. The van der Waals surface area contributed by atoms with Crippen LogP contribution >= 0.6 is 11.6 Å². The number of nitrogens with two attached hydrogens (primary N) is 1. The number of hydrogen-bond donors (Lipinski definition) is 1. The first-order valence-corrected chi connectivity index (χ1v) is 6.98. The maximum atomic E-state index is 13.1. The Hall–Kier alpha value is -1.39. The van der Waals surface area contributed by atoms with E-state index in [4.69, 9.17) is 17.3 Å². The molecule has 1 heterocycles. The Bertz CT molecular complexity index is 620. The molecule has 20 heavy (non-hydrogen) atoms. The molecule has 0 fully saturated rings. The quantitative estimate of drug-likeness (QED) is 0.941. The average molecular weight is 296 g/mol. The molecular weight excluding hydrogens is 277 g/mol. The largest absolute Gasteiger partial charge is 0.328 e. The van der Waals surface area contributed by atoms with Gasteiger partial charge < -0.3 is 5.73 Å². The maximum Gasteiger partial charge on any atom is 0.124 e. The summed E-state index contributed by atoms with van der Waals surface area (Å²) in [5.41, 5.74) is 9.96. The van der Waals surface area contributed by atoms with Crippen LogP contribution in [0.3, 0.4) is 0 Å². The highest BCUT2D eigenvalue weighted by Crippen LogP contribution is 2.21. The van der Waals surface area contributed by atoms with Gasteiger partial charge in [0.05, 0.1) is 12.2 Å². The Labute approximate surface area is 123 Å². The minimum Gasteiger partial charge on any atom is -0.328 e.